The van der Waals surface area contributed by atoms with Crippen LogP contribution in [0.15, 0.2) is 0 Å². The highest BCUT2D eigenvalue weighted by Gasteiger charge is 1.95. The van der Waals surface area contributed by atoms with Gasteiger partial charge in [-0.15, -0.1) is 0 Å². The second-order valence-electron chi connectivity index (χ2n) is 2.23. The minimum absolute atomic E-state index is 0.585. The molecule has 0 spiro atoms. The van der Waals surface area contributed by atoms with Crippen LogP contribution in [0, 0.1) is 0 Å². The van der Waals surface area contributed by atoms with Gasteiger partial charge < -0.3 is 16.0 Å². The normalized spacial score (nSPS) is 10.8. The van der Waals surface area contributed by atoms with Gasteiger partial charge in [0, 0.05) is 19.8 Å². The van der Waals surface area contributed by atoms with Crippen molar-refractivity contribution in [2.45, 2.75) is 13.8 Å². The van der Waals surface area contributed by atoms with Gasteiger partial charge in [0.15, 0.2) is 0 Å². The molecule has 3 N–H and O–H groups in total. The van der Waals surface area contributed by atoms with Crippen LogP contribution in [0.2, 0.25) is 0 Å². The van der Waals surface area contributed by atoms with Gasteiger partial charge in [0.25, 0.3) is 0 Å². The van der Waals surface area contributed by atoms with Crippen LogP contribution in [0.5, 0.6) is 0 Å². The molecule has 0 unspecified atom stereocenters. The van der Waals surface area contributed by atoms with Gasteiger partial charge in [-0.05, 0) is 13.1 Å². The number of likely N-dealkylation sites (N-methyl/N-ethyl adjacent to an activating group) is 1. The Kier molecular flexibility index (Phi) is 6.91. The van der Waals surface area contributed by atoms with Crippen molar-refractivity contribution >= 4 is 0 Å². The summed E-state index contributed by atoms with van der Waals surface area (Å²) in [6.07, 6.45) is 0. The van der Waals surface area contributed by atoms with Gasteiger partial charge in [-0.2, -0.15) is 0 Å². The lowest BCUT2D eigenvalue weighted by atomic mass is 10.5. The van der Waals surface area contributed by atoms with Gasteiger partial charge in [0.2, 0.25) is 0 Å². The zero-order valence-electron chi connectivity index (χ0n) is 7.06. The second-order valence-corrected chi connectivity index (χ2v) is 2.23. The number of nitrogens with zero attached hydrogens (tertiary/aromatic N) is 1. The Labute approximate surface area is 63.6 Å². The van der Waals surface area contributed by atoms with E-state index < -0.39 is 0 Å². The summed E-state index contributed by atoms with van der Waals surface area (Å²) >= 11 is 0. The third-order valence-corrected chi connectivity index (χ3v) is 1.64. The topological polar surface area (TPSA) is 41.3 Å². The molecule has 0 saturated heterocycles. The number of rotatable bonds is 6. The first-order valence-electron chi connectivity index (χ1n) is 3.98. The van der Waals surface area contributed by atoms with E-state index in [0.29, 0.717) is 6.67 Å². The second kappa shape index (κ2) is 6.99. The van der Waals surface area contributed by atoms with Crippen molar-refractivity contribution in [2.75, 3.05) is 32.8 Å². The smallest absolute Gasteiger partial charge is 0.0429 e. The molecule has 0 aliphatic rings. The van der Waals surface area contributed by atoms with Gasteiger partial charge in [-0.1, -0.05) is 13.8 Å². The maximum Gasteiger partial charge on any atom is 0.0429 e. The van der Waals surface area contributed by atoms with Crippen molar-refractivity contribution in [3.05, 3.63) is 0 Å². The van der Waals surface area contributed by atoms with Gasteiger partial charge in [0.1, 0.15) is 0 Å². The van der Waals surface area contributed by atoms with E-state index in [1.165, 1.54) is 0 Å². The molecule has 0 aromatic heterocycles. The average Bonchev–Trinajstić information content (AvgIpc) is 1.99. The first kappa shape index (κ1) is 9.88. The summed E-state index contributed by atoms with van der Waals surface area (Å²) in [6, 6.07) is 0. The summed E-state index contributed by atoms with van der Waals surface area (Å²) in [5, 5.41) is 3.08. The summed E-state index contributed by atoms with van der Waals surface area (Å²) in [6.45, 7) is 9.28. The molecule has 0 radical (unpaired) electrons. The molecule has 0 amide bonds. The fourth-order valence-electron chi connectivity index (χ4n) is 0.879. The van der Waals surface area contributed by atoms with Crippen LogP contribution < -0.4 is 11.1 Å². The van der Waals surface area contributed by atoms with E-state index in [-0.39, 0.29) is 0 Å². The molecule has 62 valence electrons. The van der Waals surface area contributed by atoms with Crippen molar-refractivity contribution in [1.29, 1.82) is 0 Å². The predicted octanol–water partition coefficient (Wildman–Crippen LogP) is -0.166. The molecule has 0 bridgehead atoms. The summed E-state index contributed by atoms with van der Waals surface area (Å²) < 4.78 is 0. The van der Waals surface area contributed by atoms with Crippen LogP contribution in [-0.2, 0) is 0 Å². The molecule has 0 saturated carbocycles. The van der Waals surface area contributed by atoms with Gasteiger partial charge in [0.05, 0.1) is 0 Å². The van der Waals surface area contributed by atoms with E-state index >= 15 is 0 Å². The summed E-state index contributed by atoms with van der Waals surface area (Å²) in [5.74, 6) is 0. The molecule has 0 aromatic rings. The van der Waals surface area contributed by atoms with Crippen LogP contribution in [0.25, 0.3) is 0 Å². The Hall–Kier alpha value is -0.120. The van der Waals surface area contributed by atoms with Crippen LogP contribution in [0.1, 0.15) is 13.8 Å². The Morgan fingerprint density at radius 1 is 1.30 bits per heavy atom. The van der Waals surface area contributed by atoms with E-state index in [9.17, 15) is 0 Å². The number of hydrogen-bond donors (Lipinski definition) is 2. The van der Waals surface area contributed by atoms with Crippen molar-refractivity contribution in [3.8, 4) is 0 Å². The first-order chi connectivity index (χ1) is 4.85. The maximum absolute atomic E-state index is 5.27. The van der Waals surface area contributed by atoms with E-state index in [2.05, 4.69) is 24.1 Å². The lowest BCUT2D eigenvalue weighted by Gasteiger charge is -2.17. The van der Waals surface area contributed by atoms with Crippen LogP contribution in [0.3, 0.4) is 0 Å². The van der Waals surface area contributed by atoms with E-state index in [1.807, 2.05) is 0 Å². The molecule has 3 nitrogen and oxygen atoms in total. The number of nitrogens with two attached hydrogens (primary N) is 1. The number of hydrogen-bond acceptors (Lipinski definition) is 3. The van der Waals surface area contributed by atoms with Crippen molar-refractivity contribution in [2.24, 2.45) is 5.73 Å². The highest BCUT2D eigenvalue weighted by atomic mass is 15.1. The molecule has 0 aliphatic carbocycles. The van der Waals surface area contributed by atoms with Crippen molar-refractivity contribution in [3.63, 3.8) is 0 Å². The first-order valence-corrected chi connectivity index (χ1v) is 3.98. The third kappa shape index (κ3) is 4.73. The predicted molar refractivity (Wildman–Crippen MR) is 44.8 cm³/mol. The molecular weight excluding hydrogens is 126 g/mol. The van der Waals surface area contributed by atoms with Crippen LogP contribution >= 0.6 is 0 Å². The van der Waals surface area contributed by atoms with Crippen LogP contribution in [-0.4, -0.2) is 37.7 Å². The van der Waals surface area contributed by atoms with E-state index in [1.54, 1.807) is 0 Å². The summed E-state index contributed by atoms with van der Waals surface area (Å²) in [7, 11) is 0. The standard InChI is InChI=1S/C7H19N3/c1-3-10(4-2)6-5-9-7-8/h9H,3-8H2,1-2H3. The minimum atomic E-state index is 0.585. The zero-order valence-corrected chi connectivity index (χ0v) is 7.06. The fourth-order valence-corrected chi connectivity index (χ4v) is 0.879. The molecule has 0 aromatic carbocycles. The minimum Gasteiger partial charge on any atom is -0.318 e. The monoisotopic (exact) mass is 145 g/mol. The zero-order chi connectivity index (χ0) is 7.82. The Bertz CT molecular complexity index is 61.9. The highest BCUT2D eigenvalue weighted by molar-refractivity contribution is 4.53. The lowest BCUT2D eigenvalue weighted by Crippen LogP contribution is -2.34. The van der Waals surface area contributed by atoms with E-state index in [0.717, 1.165) is 26.2 Å². The van der Waals surface area contributed by atoms with Gasteiger partial charge >= 0.3 is 0 Å². The quantitative estimate of drug-likeness (QED) is 0.403. The molecule has 0 fully saturated rings. The Morgan fingerprint density at radius 2 is 1.90 bits per heavy atom. The fraction of sp³-hybridized carbons (Fsp3) is 1.00. The molecule has 0 heterocycles. The third-order valence-electron chi connectivity index (χ3n) is 1.64. The van der Waals surface area contributed by atoms with Crippen molar-refractivity contribution in [1.82, 2.24) is 10.2 Å². The van der Waals surface area contributed by atoms with Crippen molar-refractivity contribution < 1.29 is 0 Å². The van der Waals surface area contributed by atoms with Gasteiger partial charge in [-0.3, -0.25) is 0 Å². The molecule has 0 aliphatic heterocycles. The molecular formula is C7H19N3. The average molecular weight is 145 g/mol. The van der Waals surface area contributed by atoms with E-state index in [4.69, 9.17) is 5.73 Å². The lowest BCUT2D eigenvalue weighted by molar-refractivity contribution is 0.303. The Balaban J connectivity index is 3.09. The SMILES string of the molecule is CCN(CC)CCNCN. The summed E-state index contributed by atoms with van der Waals surface area (Å²) in [5.41, 5.74) is 5.27. The Morgan fingerprint density at radius 3 is 2.30 bits per heavy atom. The highest BCUT2D eigenvalue weighted by Crippen LogP contribution is 1.82. The maximum atomic E-state index is 5.27. The molecule has 10 heavy (non-hydrogen) atoms. The molecule has 0 rings (SSSR count). The van der Waals surface area contributed by atoms with Gasteiger partial charge in [-0.25, -0.2) is 0 Å². The number of nitrogens with one attached hydrogen (secondary N) is 1. The largest absolute Gasteiger partial charge is 0.318 e. The molecule has 0 atom stereocenters. The summed E-state index contributed by atoms with van der Waals surface area (Å²) in [4.78, 5) is 2.36. The van der Waals surface area contributed by atoms with Crippen LogP contribution in [0.4, 0.5) is 0 Å². The molecule has 3 heteroatoms.